The van der Waals surface area contributed by atoms with Crippen LogP contribution in [0.15, 0.2) is 24.3 Å². The summed E-state index contributed by atoms with van der Waals surface area (Å²) in [6.07, 6.45) is 0.605. The topological polar surface area (TPSA) is 67.9 Å². The molecule has 0 bridgehead atoms. The maximum absolute atomic E-state index is 12.0. The summed E-state index contributed by atoms with van der Waals surface area (Å²) in [7, 11) is 0. The van der Waals surface area contributed by atoms with Crippen molar-refractivity contribution in [3.8, 4) is 0 Å². The predicted octanol–water partition coefficient (Wildman–Crippen LogP) is 3.45. The van der Waals surface area contributed by atoms with Crippen molar-refractivity contribution in [1.82, 2.24) is 5.43 Å². The lowest BCUT2D eigenvalue weighted by atomic mass is 10.1. The van der Waals surface area contributed by atoms with Gasteiger partial charge in [0.2, 0.25) is 0 Å². The summed E-state index contributed by atoms with van der Waals surface area (Å²) in [4.78, 5) is 23.5. The lowest BCUT2D eigenvalue weighted by molar-refractivity contribution is -0.142. The first kappa shape index (κ1) is 19.8. The van der Waals surface area contributed by atoms with Gasteiger partial charge in [-0.25, -0.2) is 10.2 Å². The number of carbonyl (C=O) groups is 2. The number of anilines is 1. The van der Waals surface area contributed by atoms with Gasteiger partial charge in [-0.1, -0.05) is 19.1 Å². The minimum absolute atomic E-state index is 0.237. The van der Waals surface area contributed by atoms with E-state index in [0.717, 1.165) is 17.7 Å². The van der Waals surface area contributed by atoms with E-state index in [1.807, 2.05) is 52.0 Å². The number of esters is 1. The van der Waals surface area contributed by atoms with Crippen LogP contribution in [-0.2, 0) is 20.7 Å². The maximum Gasteiger partial charge on any atom is 0.426 e. The van der Waals surface area contributed by atoms with Crippen molar-refractivity contribution >= 4 is 17.7 Å². The van der Waals surface area contributed by atoms with E-state index in [1.165, 1.54) is 0 Å². The Kier molecular flexibility index (Phi) is 7.55. The summed E-state index contributed by atoms with van der Waals surface area (Å²) >= 11 is 0. The number of hydrazine groups is 1. The summed E-state index contributed by atoms with van der Waals surface area (Å²) in [5.74, 6) is -0.248. The second kappa shape index (κ2) is 9.15. The average Bonchev–Trinajstić information content (AvgIpc) is 2.46. The Morgan fingerprint density at radius 2 is 1.75 bits per heavy atom. The van der Waals surface area contributed by atoms with E-state index < -0.39 is 11.7 Å². The Labute approximate surface area is 144 Å². The standard InChI is InChI=1S/C18H28N2O4/c1-6-12-20(19-17(22)24-18(3,4)5)15-10-8-14(9-11-15)13-16(21)23-7-2/h8-11H,6-7,12-13H2,1-5H3,(H,19,22). The van der Waals surface area contributed by atoms with Crippen molar-refractivity contribution in [3.63, 3.8) is 0 Å². The molecule has 0 aliphatic rings. The highest BCUT2D eigenvalue weighted by molar-refractivity contribution is 5.73. The minimum atomic E-state index is -0.550. The van der Waals surface area contributed by atoms with E-state index in [-0.39, 0.29) is 12.4 Å². The van der Waals surface area contributed by atoms with Gasteiger partial charge in [0.05, 0.1) is 18.7 Å². The van der Waals surface area contributed by atoms with Crippen LogP contribution >= 0.6 is 0 Å². The zero-order valence-corrected chi connectivity index (χ0v) is 15.2. The fraction of sp³-hybridized carbons (Fsp3) is 0.556. The molecular weight excluding hydrogens is 308 g/mol. The van der Waals surface area contributed by atoms with E-state index in [9.17, 15) is 9.59 Å². The highest BCUT2D eigenvalue weighted by atomic mass is 16.6. The van der Waals surface area contributed by atoms with Gasteiger partial charge in [-0.15, -0.1) is 0 Å². The van der Waals surface area contributed by atoms with Crippen molar-refractivity contribution in [2.24, 2.45) is 0 Å². The number of benzene rings is 1. The molecule has 1 amide bonds. The van der Waals surface area contributed by atoms with Crippen LogP contribution in [0.5, 0.6) is 0 Å². The molecule has 0 saturated carbocycles. The molecule has 1 aromatic carbocycles. The Morgan fingerprint density at radius 1 is 1.12 bits per heavy atom. The maximum atomic E-state index is 12.0. The Bertz CT molecular complexity index is 535. The van der Waals surface area contributed by atoms with E-state index in [0.29, 0.717) is 13.2 Å². The molecule has 0 spiro atoms. The number of amides is 1. The van der Waals surface area contributed by atoms with Crippen LogP contribution in [0.2, 0.25) is 0 Å². The van der Waals surface area contributed by atoms with Crippen LogP contribution in [0.4, 0.5) is 10.5 Å². The molecular formula is C18H28N2O4. The minimum Gasteiger partial charge on any atom is -0.466 e. The molecule has 0 atom stereocenters. The summed E-state index contributed by atoms with van der Waals surface area (Å²) in [6.45, 7) is 10.3. The first-order valence-electron chi connectivity index (χ1n) is 8.27. The molecule has 1 rings (SSSR count). The SMILES string of the molecule is CCCN(NC(=O)OC(C)(C)C)c1ccc(CC(=O)OCC)cc1. The molecule has 0 radical (unpaired) electrons. The zero-order chi connectivity index (χ0) is 18.2. The second-order valence-corrected chi connectivity index (χ2v) is 6.41. The summed E-state index contributed by atoms with van der Waals surface area (Å²) in [6, 6.07) is 7.43. The summed E-state index contributed by atoms with van der Waals surface area (Å²) in [5, 5.41) is 1.74. The predicted molar refractivity (Wildman–Crippen MR) is 93.8 cm³/mol. The number of hydrogen-bond donors (Lipinski definition) is 1. The first-order valence-corrected chi connectivity index (χ1v) is 8.27. The van der Waals surface area contributed by atoms with Crippen LogP contribution in [0.3, 0.4) is 0 Å². The monoisotopic (exact) mass is 336 g/mol. The van der Waals surface area contributed by atoms with Crippen LogP contribution in [0.1, 0.15) is 46.6 Å². The fourth-order valence-electron chi connectivity index (χ4n) is 2.06. The number of carbonyl (C=O) groups excluding carboxylic acids is 2. The average molecular weight is 336 g/mol. The van der Waals surface area contributed by atoms with Gasteiger partial charge in [-0.05, 0) is 51.8 Å². The van der Waals surface area contributed by atoms with E-state index in [1.54, 1.807) is 11.9 Å². The summed E-state index contributed by atoms with van der Waals surface area (Å²) < 4.78 is 10.2. The highest BCUT2D eigenvalue weighted by Gasteiger charge is 2.18. The van der Waals surface area contributed by atoms with Crippen molar-refractivity contribution < 1.29 is 19.1 Å². The first-order chi connectivity index (χ1) is 11.2. The summed E-state index contributed by atoms with van der Waals surface area (Å²) in [5.41, 5.74) is 3.90. The molecule has 0 aliphatic heterocycles. The number of rotatable bonds is 7. The Balaban J connectivity index is 2.74. The second-order valence-electron chi connectivity index (χ2n) is 6.41. The fourth-order valence-corrected chi connectivity index (χ4v) is 2.06. The van der Waals surface area contributed by atoms with E-state index >= 15 is 0 Å². The van der Waals surface area contributed by atoms with Crippen LogP contribution in [0.25, 0.3) is 0 Å². The molecule has 0 aliphatic carbocycles. The van der Waals surface area contributed by atoms with E-state index in [4.69, 9.17) is 9.47 Å². The number of hydrogen-bond acceptors (Lipinski definition) is 5. The molecule has 1 aromatic rings. The molecule has 0 fully saturated rings. The molecule has 134 valence electrons. The molecule has 6 nitrogen and oxygen atoms in total. The molecule has 0 heterocycles. The van der Waals surface area contributed by atoms with Crippen molar-refractivity contribution in [2.45, 2.75) is 53.1 Å². The van der Waals surface area contributed by atoms with Crippen LogP contribution in [-0.4, -0.2) is 30.8 Å². The Morgan fingerprint density at radius 3 is 2.25 bits per heavy atom. The van der Waals surface area contributed by atoms with Crippen LogP contribution < -0.4 is 10.4 Å². The largest absolute Gasteiger partial charge is 0.466 e. The molecule has 6 heteroatoms. The van der Waals surface area contributed by atoms with Gasteiger partial charge in [0.1, 0.15) is 5.60 Å². The van der Waals surface area contributed by atoms with Gasteiger partial charge >= 0.3 is 12.1 Å². The zero-order valence-electron chi connectivity index (χ0n) is 15.2. The van der Waals surface area contributed by atoms with Gasteiger partial charge in [0.15, 0.2) is 0 Å². The lowest BCUT2D eigenvalue weighted by Gasteiger charge is -2.27. The normalized spacial score (nSPS) is 10.9. The van der Waals surface area contributed by atoms with Gasteiger partial charge in [-0.2, -0.15) is 0 Å². The molecule has 0 unspecified atom stereocenters. The van der Waals surface area contributed by atoms with E-state index in [2.05, 4.69) is 5.43 Å². The third-order valence-corrected chi connectivity index (χ3v) is 2.97. The quantitative estimate of drug-likeness (QED) is 0.610. The molecule has 0 aromatic heterocycles. The molecule has 0 saturated heterocycles. The molecule has 24 heavy (non-hydrogen) atoms. The van der Waals surface area contributed by atoms with Crippen molar-refractivity contribution in [2.75, 3.05) is 18.2 Å². The van der Waals surface area contributed by atoms with Gasteiger partial charge < -0.3 is 9.47 Å². The highest BCUT2D eigenvalue weighted by Crippen LogP contribution is 2.16. The number of ether oxygens (including phenoxy) is 2. The third-order valence-electron chi connectivity index (χ3n) is 2.97. The van der Waals surface area contributed by atoms with Crippen LogP contribution in [0, 0.1) is 0 Å². The smallest absolute Gasteiger partial charge is 0.426 e. The third kappa shape index (κ3) is 7.35. The number of nitrogens with zero attached hydrogens (tertiary/aromatic N) is 1. The van der Waals surface area contributed by atoms with Crippen molar-refractivity contribution in [3.05, 3.63) is 29.8 Å². The Hall–Kier alpha value is -2.24. The van der Waals surface area contributed by atoms with Gasteiger partial charge in [0, 0.05) is 6.54 Å². The van der Waals surface area contributed by atoms with Gasteiger partial charge in [-0.3, -0.25) is 9.80 Å². The molecule has 1 N–H and O–H groups in total. The number of nitrogens with one attached hydrogen (secondary N) is 1. The lowest BCUT2D eigenvalue weighted by Crippen LogP contribution is -2.45. The van der Waals surface area contributed by atoms with Crippen molar-refractivity contribution in [1.29, 1.82) is 0 Å². The van der Waals surface area contributed by atoms with Gasteiger partial charge in [0.25, 0.3) is 0 Å².